The van der Waals surface area contributed by atoms with Crippen molar-refractivity contribution in [2.75, 3.05) is 32.5 Å². The second-order valence-corrected chi connectivity index (χ2v) is 22.8. The monoisotopic (exact) mass is 1150 g/mol. The average Bonchev–Trinajstić information content (AvgIpc) is 3.95. The van der Waals surface area contributed by atoms with E-state index in [1.54, 1.807) is 54.6 Å². The third kappa shape index (κ3) is 20.2. The van der Waals surface area contributed by atoms with Gasteiger partial charge in [-0.05, 0) is 68.2 Å². The molecule has 436 valence electrons. The highest BCUT2D eigenvalue weighted by Crippen LogP contribution is 2.48. The Bertz CT molecular complexity index is 2570. The van der Waals surface area contributed by atoms with E-state index in [-0.39, 0.29) is 63.3 Å². The second kappa shape index (κ2) is 31.2. The summed E-state index contributed by atoms with van der Waals surface area (Å²) in [5.74, 6) is -8.92. The summed E-state index contributed by atoms with van der Waals surface area (Å²) in [6, 6.07) is 5.70. The van der Waals surface area contributed by atoms with Gasteiger partial charge in [-0.2, -0.15) is 0 Å². The fourth-order valence-corrected chi connectivity index (χ4v) is 13.0. The van der Waals surface area contributed by atoms with E-state index in [0.29, 0.717) is 36.1 Å². The van der Waals surface area contributed by atoms with Gasteiger partial charge >= 0.3 is 0 Å². The molecule has 11 amide bonds. The Hall–Kier alpha value is -7.62. The molecule has 80 heavy (non-hydrogen) atoms. The molecule has 26 nitrogen and oxygen atoms in total. The summed E-state index contributed by atoms with van der Waals surface area (Å²) >= 11 is 0. The first-order valence-corrected chi connectivity index (χ1v) is 28.7. The Morgan fingerprint density at radius 2 is 1.35 bits per heavy atom. The number of carbonyl (C=O) groups is 11. The molecule has 1 aliphatic carbocycles. The number of carbonyl (C=O) groups excluding carboxylic acids is 11. The van der Waals surface area contributed by atoms with Gasteiger partial charge in [0.05, 0.1) is 20.1 Å². The molecule has 2 aromatic rings. The molecule has 1 saturated carbocycles. The van der Waals surface area contributed by atoms with Crippen molar-refractivity contribution in [3.8, 4) is 5.75 Å². The molecule has 3 fully saturated rings. The van der Waals surface area contributed by atoms with Crippen LogP contribution in [0.4, 0.5) is 0 Å². The Morgan fingerprint density at radius 3 is 1.98 bits per heavy atom. The Balaban J connectivity index is 1.53. The molecular weight excluding hydrogens is 1080 g/mol. The summed E-state index contributed by atoms with van der Waals surface area (Å²) < 4.78 is 4.59. The smallest absolute Gasteiger partial charge is 0.246 e. The first-order chi connectivity index (χ1) is 38.1. The quantitative estimate of drug-likeness (QED) is 0.0286. The van der Waals surface area contributed by atoms with Crippen molar-refractivity contribution in [2.45, 2.75) is 143 Å². The molecule has 17 N–H and O–H groups in total. The standard InChI is InChI=1S/C52H74N14O12S2/c1-78-32-16-14-31(15-17-32)25-35-46(73)63-36(24-30-10-4-2-5-11-30)47(74)61-34(18-19-40(53)67)45(72)64-37(26-41(54)68)48(75)65-38(29-79-80-52(27-43(70)60-35)20-6-3-7-21-52)50(77)66-23-9-13-39(66)49(76)62-33(12-8-22-58-51(56)57)44(71)59-28-42(55)69/h2,4-5,10-11,14-17,33-39H,3,6-9,12-13,18-29H2,1H3,(H2,53,67)(H2,54,68)(H2,55,69)(H,59,71)(H,60,70)(H,61,74)(H,62,76)(H,63,73)(H,64,72)(H,65,75)(H4,56,57,58)/t33-,34?,35-,36?,37-,38?,39-/m0/s1. The van der Waals surface area contributed by atoms with E-state index in [4.69, 9.17) is 33.4 Å². The van der Waals surface area contributed by atoms with Gasteiger partial charge in [0.25, 0.3) is 0 Å². The van der Waals surface area contributed by atoms with E-state index in [1.165, 1.54) is 33.6 Å². The van der Waals surface area contributed by atoms with Gasteiger partial charge in [0.1, 0.15) is 48.0 Å². The SMILES string of the molecule is COc1ccc(C[C@@H]2NC(=O)CC3(CCCCC3)SSCC(C(=O)N3CCC[C@H]3C(=O)N[C@@H](CCCN=C(N)N)C(=O)NCC(N)=O)NC(=O)[C@H](CC(N)=O)NC(=O)C(CCC(N)=O)NC(=O)C(Cc3ccccc3)NC2=O)cc1. The predicted octanol–water partition coefficient (Wildman–Crippen LogP) is -2.34. The number of ether oxygens (including phenoxy) is 1. The highest BCUT2D eigenvalue weighted by Gasteiger charge is 2.42. The number of amides is 11. The van der Waals surface area contributed by atoms with Crippen LogP contribution in [0.25, 0.3) is 0 Å². The molecule has 2 saturated heterocycles. The molecule has 0 bridgehead atoms. The van der Waals surface area contributed by atoms with Crippen LogP contribution in [0.3, 0.4) is 0 Å². The van der Waals surface area contributed by atoms with Gasteiger partial charge in [0.2, 0.25) is 65.0 Å². The number of methoxy groups -OCH3 is 1. The lowest BCUT2D eigenvalue weighted by atomic mass is 9.85. The lowest BCUT2D eigenvalue weighted by molar-refractivity contribution is -0.142. The first kappa shape index (κ1) is 63.2. The molecule has 5 rings (SSSR count). The van der Waals surface area contributed by atoms with Gasteiger partial charge in [0, 0.05) is 49.3 Å². The highest BCUT2D eigenvalue weighted by molar-refractivity contribution is 8.77. The van der Waals surface area contributed by atoms with Crippen molar-refractivity contribution in [3.05, 3.63) is 65.7 Å². The number of guanidine groups is 1. The van der Waals surface area contributed by atoms with Crippen molar-refractivity contribution in [1.29, 1.82) is 0 Å². The Kier molecular flexibility index (Phi) is 24.7. The molecule has 0 radical (unpaired) electrons. The van der Waals surface area contributed by atoms with E-state index in [1.807, 2.05) is 0 Å². The summed E-state index contributed by atoms with van der Waals surface area (Å²) in [4.78, 5) is 156. The number of likely N-dealkylation sites (tertiary alicyclic amines) is 1. The van der Waals surface area contributed by atoms with Gasteiger partial charge in [-0.1, -0.05) is 83.3 Å². The van der Waals surface area contributed by atoms with Crippen LogP contribution >= 0.6 is 21.6 Å². The zero-order chi connectivity index (χ0) is 58.4. The van der Waals surface area contributed by atoms with Crippen LogP contribution in [0.1, 0.15) is 94.6 Å². The molecule has 2 heterocycles. The minimum absolute atomic E-state index is 0.0113. The van der Waals surface area contributed by atoms with Crippen molar-refractivity contribution >= 4 is 92.5 Å². The third-order valence-corrected chi connectivity index (χ3v) is 17.0. The van der Waals surface area contributed by atoms with Crippen LogP contribution in [0.5, 0.6) is 5.75 Å². The number of benzene rings is 2. The van der Waals surface area contributed by atoms with Crippen LogP contribution < -0.4 is 70.6 Å². The molecule has 2 aromatic carbocycles. The van der Waals surface area contributed by atoms with Gasteiger partial charge in [0.15, 0.2) is 5.96 Å². The number of primary amides is 3. The fraction of sp³-hybridized carbons (Fsp3) is 0.538. The number of aliphatic imine (C=N–C) groups is 1. The van der Waals surface area contributed by atoms with Gasteiger partial charge < -0.3 is 75.5 Å². The van der Waals surface area contributed by atoms with Crippen LogP contribution in [0.2, 0.25) is 0 Å². The summed E-state index contributed by atoms with van der Waals surface area (Å²) in [7, 11) is 4.02. The van der Waals surface area contributed by atoms with E-state index < -0.39 is 138 Å². The molecular formula is C52H74N14O12S2. The molecule has 7 atom stereocenters. The molecule has 3 aliphatic rings. The topological polar surface area (TPSA) is 427 Å². The number of hydrogen-bond donors (Lipinski definition) is 12. The Labute approximate surface area is 471 Å². The largest absolute Gasteiger partial charge is 0.497 e. The molecule has 0 aromatic heterocycles. The Morgan fingerprint density at radius 1 is 0.738 bits per heavy atom. The fourth-order valence-electron chi connectivity index (χ4n) is 9.59. The maximum Gasteiger partial charge on any atom is 0.246 e. The highest BCUT2D eigenvalue weighted by atomic mass is 33.1. The van der Waals surface area contributed by atoms with Crippen molar-refractivity contribution in [3.63, 3.8) is 0 Å². The third-order valence-electron chi connectivity index (χ3n) is 13.7. The van der Waals surface area contributed by atoms with Gasteiger partial charge in [-0.15, -0.1) is 0 Å². The normalized spacial score (nSPS) is 22.6. The van der Waals surface area contributed by atoms with E-state index in [9.17, 15) is 52.7 Å². The number of rotatable bonds is 20. The minimum atomic E-state index is -1.77. The number of nitrogens with zero attached hydrogens (tertiary/aromatic N) is 2. The zero-order valence-electron chi connectivity index (χ0n) is 44.7. The van der Waals surface area contributed by atoms with E-state index in [0.717, 1.165) is 19.3 Å². The number of nitrogens with two attached hydrogens (primary N) is 5. The second-order valence-electron chi connectivity index (χ2n) is 20.0. The van der Waals surface area contributed by atoms with Crippen LogP contribution in [-0.4, -0.2) is 155 Å². The molecule has 2 aliphatic heterocycles. The average molecular weight is 1150 g/mol. The van der Waals surface area contributed by atoms with Gasteiger partial charge in [-0.25, -0.2) is 0 Å². The molecule has 28 heteroatoms. The number of hydrogen-bond acceptors (Lipinski definition) is 15. The minimum Gasteiger partial charge on any atom is -0.497 e. The zero-order valence-corrected chi connectivity index (χ0v) is 46.3. The predicted molar refractivity (Wildman–Crippen MR) is 298 cm³/mol. The summed E-state index contributed by atoms with van der Waals surface area (Å²) in [6.45, 7) is -0.382. The lowest BCUT2D eigenvalue weighted by Gasteiger charge is -2.37. The van der Waals surface area contributed by atoms with Crippen molar-refractivity contribution in [2.24, 2.45) is 33.7 Å². The van der Waals surface area contributed by atoms with E-state index >= 15 is 0 Å². The molecule has 3 unspecified atom stereocenters. The van der Waals surface area contributed by atoms with Crippen LogP contribution in [0.15, 0.2) is 59.6 Å². The van der Waals surface area contributed by atoms with Crippen molar-refractivity contribution in [1.82, 2.24) is 42.1 Å². The maximum atomic E-state index is 15.0. The van der Waals surface area contributed by atoms with Crippen molar-refractivity contribution < 1.29 is 57.5 Å². The summed E-state index contributed by atoms with van der Waals surface area (Å²) in [6.07, 6.45) is 2.41. The number of nitrogens with one attached hydrogen (secondary N) is 7. The van der Waals surface area contributed by atoms with Crippen LogP contribution in [-0.2, 0) is 65.6 Å². The molecule has 1 spiro atoms. The summed E-state index contributed by atoms with van der Waals surface area (Å²) in [5.41, 5.74) is 28.5. The first-order valence-electron chi connectivity index (χ1n) is 26.4. The summed E-state index contributed by atoms with van der Waals surface area (Å²) in [5, 5.41) is 18.5. The maximum absolute atomic E-state index is 15.0. The lowest BCUT2D eigenvalue weighted by Crippen LogP contribution is -2.61. The van der Waals surface area contributed by atoms with Gasteiger partial charge in [-0.3, -0.25) is 57.7 Å². The van der Waals surface area contributed by atoms with Crippen LogP contribution in [0, 0.1) is 0 Å². The van der Waals surface area contributed by atoms with E-state index in [2.05, 4.69) is 42.2 Å².